The number of hydrogen-bond donors (Lipinski definition) is 0. The zero-order valence-corrected chi connectivity index (χ0v) is 20.9. The molecule has 0 N–H and O–H groups in total. The highest BCUT2D eigenvalue weighted by Gasteiger charge is 2.20. The van der Waals surface area contributed by atoms with Crippen molar-refractivity contribution in [2.24, 2.45) is 0 Å². The van der Waals surface area contributed by atoms with Gasteiger partial charge in [0.15, 0.2) is 0 Å². The van der Waals surface area contributed by atoms with Gasteiger partial charge in [-0.25, -0.2) is 0 Å². The molecule has 0 unspecified atom stereocenters. The van der Waals surface area contributed by atoms with Crippen LogP contribution < -0.4 is 0 Å². The Hall–Kier alpha value is -0.530. The van der Waals surface area contributed by atoms with Crippen LogP contribution in [0, 0.1) is 0 Å². The number of halogens is 1. The lowest BCUT2D eigenvalue weighted by molar-refractivity contribution is 0.124. The summed E-state index contributed by atoms with van der Waals surface area (Å²) in [6.45, 7) is 11.6. The Bertz CT molecular complexity index is 451. The SMILES string of the molecule is CCCCCCCCCCCCCCCCN(Cc1ccccc1)C(C)(C)C.Cl. The van der Waals surface area contributed by atoms with E-state index in [2.05, 4.69) is 62.9 Å². The summed E-state index contributed by atoms with van der Waals surface area (Å²) in [5.41, 5.74) is 1.68. The van der Waals surface area contributed by atoms with Crippen molar-refractivity contribution in [1.29, 1.82) is 0 Å². The van der Waals surface area contributed by atoms with Crippen LogP contribution in [0.15, 0.2) is 30.3 Å². The fourth-order valence-corrected chi connectivity index (χ4v) is 3.95. The number of hydrogen-bond acceptors (Lipinski definition) is 1. The van der Waals surface area contributed by atoms with Gasteiger partial charge in [-0.2, -0.15) is 0 Å². The molecular formula is C27H50ClN. The van der Waals surface area contributed by atoms with Crippen LogP contribution in [0.3, 0.4) is 0 Å². The Morgan fingerprint density at radius 3 is 1.45 bits per heavy atom. The van der Waals surface area contributed by atoms with Crippen molar-refractivity contribution in [3.05, 3.63) is 35.9 Å². The fourth-order valence-electron chi connectivity index (χ4n) is 3.95. The number of nitrogens with zero attached hydrogens (tertiary/aromatic N) is 1. The second kappa shape index (κ2) is 18.3. The molecule has 0 aromatic heterocycles. The average molecular weight is 424 g/mol. The Kier molecular flexibility index (Phi) is 17.9. The normalized spacial score (nSPS) is 11.6. The van der Waals surface area contributed by atoms with Crippen molar-refractivity contribution < 1.29 is 0 Å². The molecule has 0 bridgehead atoms. The molecule has 2 heteroatoms. The molecule has 1 nitrogen and oxygen atoms in total. The molecule has 0 aliphatic rings. The molecule has 0 spiro atoms. The highest BCUT2D eigenvalue weighted by Crippen LogP contribution is 2.19. The summed E-state index contributed by atoms with van der Waals surface area (Å²) in [6, 6.07) is 10.9. The predicted octanol–water partition coefficient (Wildman–Crippen LogP) is 9.19. The van der Waals surface area contributed by atoms with E-state index in [9.17, 15) is 0 Å². The standard InChI is InChI=1S/C27H49N.ClH/c1-5-6-7-8-9-10-11-12-13-14-15-16-17-21-24-28(27(2,3)4)25-26-22-19-18-20-23-26;/h18-20,22-23H,5-17,21,24-25H2,1-4H3;1H. The van der Waals surface area contributed by atoms with Gasteiger partial charge < -0.3 is 0 Å². The molecule has 0 aliphatic carbocycles. The third kappa shape index (κ3) is 15.9. The van der Waals surface area contributed by atoms with Gasteiger partial charge >= 0.3 is 0 Å². The molecule has 0 radical (unpaired) electrons. The van der Waals surface area contributed by atoms with Crippen molar-refractivity contribution in [2.45, 2.75) is 130 Å². The average Bonchev–Trinajstić information content (AvgIpc) is 2.67. The van der Waals surface area contributed by atoms with Crippen LogP contribution in [0.5, 0.6) is 0 Å². The summed E-state index contributed by atoms with van der Waals surface area (Å²) in [6.07, 6.45) is 20.0. The third-order valence-electron chi connectivity index (χ3n) is 5.95. The van der Waals surface area contributed by atoms with Gasteiger partial charge in [0.05, 0.1) is 0 Å². The zero-order valence-electron chi connectivity index (χ0n) is 20.1. The first kappa shape index (κ1) is 28.5. The van der Waals surface area contributed by atoms with Gasteiger partial charge in [-0.15, -0.1) is 12.4 Å². The molecule has 0 saturated heterocycles. The van der Waals surface area contributed by atoms with Crippen LogP contribution in [-0.2, 0) is 6.54 Å². The van der Waals surface area contributed by atoms with Crippen molar-refractivity contribution in [1.82, 2.24) is 4.90 Å². The van der Waals surface area contributed by atoms with E-state index < -0.39 is 0 Å². The summed E-state index contributed by atoms with van der Waals surface area (Å²) < 4.78 is 0. The second-order valence-corrected chi connectivity index (χ2v) is 9.67. The van der Waals surface area contributed by atoms with Gasteiger partial charge in [-0.05, 0) is 39.3 Å². The maximum absolute atomic E-state index is 2.64. The second-order valence-electron chi connectivity index (χ2n) is 9.67. The van der Waals surface area contributed by atoms with Crippen LogP contribution in [-0.4, -0.2) is 17.0 Å². The monoisotopic (exact) mass is 423 g/mol. The molecule has 0 heterocycles. The van der Waals surface area contributed by atoms with Crippen LogP contribution in [0.2, 0.25) is 0 Å². The zero-order chi connectivity index (χ0) is 20.5. The van der Waals surface area contributed by atoms with Crippen LogP contribution >= 0.6 is 12.4 Å². The Labute approximate surface area is 189 Å². The lowest BCUT2D eigenvalue weighted by Gasteiger charge is -2.36. The summed E-state index contributed by atoms with van der Waals surface area (Å²) in [5, 5.41) is 0. The summed E-state index contributed by atoms with van der Waals surface area (Å²) in [5.74, 6) is 0. The Balaban J connectivity index is 0.00000784. The minimum atomic E-state index is 0. The van der Waals surface area contributed by atoms with Crippen molar-refractivity contribution in [3.8, 4) is 0 Å². The van der Waals surface area contributed by atoms with Gasteiger partial charge in [0.2, 0.25) is 0 Å². The minimum Gasteiger partial charge on any atom is -0.294 e. The number of unbranched alkanes of at least 4 members (excludes halogenated alkanes) is 13. The molecular weight excluding hydrogens is 374 g/mol. The molecule has 0 saturated carbocycles. The van der Waals surface area contributed by atoms with Crippen LogP contribution in [0.1, 0.15) is 123 Å². The molecule has 1 rings (SSSR count). The first-order valence-electron chi connectivity index (χ1n) is 12.3. The van der Waals surface area contributed by atoms with E-state index in [1.54, 1.807) is 0 Å². The maximum atomic E-state index is 2.64. The van der Waals surface area contributed by atoms with Crippen molar-refractivity contribution >= 4 is 12.4 Å². The Morgan fingerprint density at radius 2 is 1.03 bits per heavy atom. The van der Waals surface area contributed by atoms with E-state index in [1.807, 2.05) is 0 Å². The van der Waals surface area contributed by atoms with E-state index in [4.69, 9.17) is 0 Å². The summed E-state index contributed by atoms with van der Waals surface area (Å²) in [7, 11) is 0. The number of rotatable bonds is 17. The van der Waals surface area contributed by atoms with Crippen molar-refractivity contribution in [2.75, 3.05) is 6.54 Å². The van der Waals surface area contributed by atoms with Crippen LogP contribution in [0.4, 0.5) is 0 Å². The van der Waals surface area contributed by atoms with Gasteiger partial charge in [0.25, 0.3) is 0 Å². The lowest BCUT2D eigenvalue weighted by atomic mass is 10.0. The van der Waals surface area contributed by atoms with E-state index in [0.29, 0.717) is 0 Å². The molecule has 1 aromatic rings. The molecule has 1 aromatic carbocycles. The third-order valence-corrected chi connectivity index (χ3v) is 5.95. The van der Waals surface area contributed by atoms with E-state index in [-0.39, 0.29) is 17.9 Å². The van der Waals surface area contributed by atoms with Crippen molar-refractivity contribution in [3.63, 3.8) is 0 Å². The highest BCUT2D eigenvalue weighted by molar-refractivity contribution is 5.85. The highest BCUT2D eigenvalue weighted by atomic mass is 35.5. The predicted molar refractivity (Wildman–Crippen MR) is 134 cm³/mol. The lowest BCUT2D eigenvalue weighted by Crippen LogP contribution is -2.41. The van der Waals surface area contributed by atoms with E-state index >= 15 is 0 Å². The van der Waals surface area contributed by atoms with E-state index in [1.165, 1.54) is 102 Å². The minimum absolute atomic E-state index is 0. The molecule has 0 aliphatic heterocycles. The van der Waals surface area contributed by atoms with E-state index in [0.717, 1.165) is 6.54 Å². The van der Waals surface area contributed by atoms with Gasteiger partial charge in [0.1, 0.15) is 0 Å². The number of benzene rings is 1. The fraction of sp³-hybridized carbons (Fsp3) is 0.778. The smallest absolute Gasteiger partial charge is 0.0238 e. The largest absolute Gasteiger partial charge is 0.294 e. The molecule has 0 atom stereocenters. The van der Waals surface area contributed by atoms with Gasteiger partial charge in [0, 0.05) is 12.1 Å². The first-order valence-corrected chi connectivity index (χ1v) is 12.3. The van der Waals surface area contributed by atoms with Gasteiger partial charge in [-0.1, -0.05) is 121 Å². The van der Waals surface area contributed by atoms with Crippen LogP contribution in [0.25, 0.3) is 0 Å². The molecule has 29 heavy (non-hydrogen) atoms. The molecule has 170 valence electrons. The summed E-state index contributed by atoms with van der Waals surface area (Å²) in [4.78, 5) is 2.64. The Morgan fingerprint density at radius 1 is 0.621 bits per heavy atom. The maximum Gasteiger partial charge on any atom is 0.0238 e. The quantitative estimate of drug-likeness (QED) is 0.225. The molecule has 0 amide bonds. The topological polar surface area (TPSA) is 3.24 Å². The molecule has 0 fully saturated rings. The summed E-state index contributed by atoms with van der Waals surface area (Å²) >= 11 is 0. The first-order chi connectivity index (χ1) is 13.5. The van der Waals surface area contributed by atoms with Gasteiger partial charge in [-0.3, -0.25) is 4.90 Å².